The third kappa shape index (κ3) is 3.67. The first-order valence-corrected chi connectivity index (χ1v) is 8.42. The number of hydrogen-bond acceptors (Lipinski definition) is 4. The van der Waals surface area contributed by atoms with Crippen LogP contribution in [0.15, 0.2) is 60.8 Å². The molecule has 3 heterocycles. The maximum absolute atomic E-state index is 13.7. The van der Waals surface area contributed by atoms with Crippen LogP contribution in [0.5, 0.6) is 0 Å². The lowest BCUT2D eigenvalue weighted by atomic mass is 10.00. The van der Waals surface area contributed by atoms with Crippen molar-refractivity contribution in [1.29, 1.82) is 0 Å². The minimum atomic E-state index is -0.656. The van der Waals surface area contributed by atoms with Crippen LogP contribution in [0.3, 0.4) is 0 Å². The van der Waals surface area contributed by atoms with Gasteiger partial charge in [0.05, 0.1) is 5.69 Å². The Morgan fingerprint density at radius 1 is 1.00 bits per heavy atom. The highest BCUT2D eigenvalue weighted by Gasteiger charge is 2.37. The van der Waals surface area contributed by atoms with Crippen LogP contribution in [0.4, 0.5) is 13.6 Å². The van der Waals surface area contributed by atoms with E-state index in [1.54, 1.807) is 30.3 Å². The van der Waals surface area contributed by atoms with Gasteiger partial charge in [-0.05, 0) is 53.8 Å². The van der Waals surface area contributed by atoms with Crippen molar-refractivity contribution in [3.8, 4) is 11.8 Å². The second-order valence-electron chi connectivity index (χ2n) is 6.03. The van der Waals surface area contributed by atoms with E-state index in [4.69, 9.17) is 4.74 Å². The minimum Gasteiger partial charge on any atom is -0.439 e. The van der Waals surface area contributed by atoms with Crippen LogP contribution in [0, 0.1) is 23.5 Å². The minimum absolute atomic E-state index is 0.0244. The molecule has 1 aliphatic rings. The average molecular weight is 377 g/mol. The molecule has 2 aromatic heterocycles. The van der Waals surface area contributed by atoms with Crippen LogP contribution in [0.2, 0.25) is 0 Å². The van der Waals surface area contributed by atoms with Crippen molar-refractivity contribution in [2.75, 3.05) is 0 Å². The molecule has 0 aliphatic carbocycles. The summed E-state index contributed by atoms with van der Waals surface area (Å²) in [5, 5.41) is 2.71. The van der Waals surface area contributed by atoms with Crippen molar-refractivity contribution in [2.45, 2.75) is 12.1 Å². The van der Waals surface area contributed by atoms with Gasteiger partial charge in [0.15, 0.2) is 11.9 Å². The molecule has 0 radical (unpaired) electrons. The highest BCUT2D eigenvalue weighted by atomic mass is 19.1. The molecule has 0 spiro atoms. The predicted molar refractivity (Wildman–Crippen MR) is 95.9 cm³/mol. The number of rotatable bonds is 2. The first-order chi connectivity index (χ1) is 13.6. The Hall–Kier alpha value is -3.79. The molecule has 0 saturated carbocycles. The number of nitrogens with one attached hydrogen (secondary N) is 1. The van der Waals surface area contributed by atoms with Crippen molar-refractivity contribution in [3.05, 3.63) is 95.1 Å². The first kappa shape index (κ1) is 17.6. The van der Waals surface area contributed by atoms with Crippen molar-refractivity contribution >= 4 is 6.09 Å². The Bertz CT molecular complexity index is 1090. The predicted octanol–water partition coefficient (Wildman–Crippen LogP) is 3.68. The highest BCUT2D eigenvalue weighted by Crippen LogP contribution is 2.35. The number of carbonyl (C=O) groups is 1. The van der Waals surface area contributed by atoms with E-state index < -0.39 is 24.1 Å². The molecule has 5 nitrogen and oxygen atoms in total. The Balaban J connectivity index is 1.64. The number of halogens is 2. The lowest BCUT2D eigenvalue weighted by Gasteiger charge is -2.17. The molecule has 0 bridgehead atoms. The molecule has 3 aromatic rings. The molecule has 1 aliphatic heterocycles. The van der Waals surface area contributed by atoms with E-state index in [0.29, 0.717) is 17.0 Å². The van der Waals surface area contributed by atoms with Gasteiger partial charge in [-0.25, -0.2) is 23.5 Å². The van der Waals surface area contributed by atoms with Gasteiger partial charge in [-0.1, -0.05) is 18.2 Å². The van der Waals surface area contributed by atoms with Gasteiger partial charge in [0, 0.05) is 6.20 Å². The van der Waals surface area contributed by atoms with Crippen molar-refractivity contribution in [3.63, 3.8) is 0 Å². The fraction of sp³-hybridized carbons (Fsp3) is 0.0952. The van der Waals surface area contributed by atoms with E-state index in [9.17, 15) is 13.6 Å². The molecule has 2 atom stereocenters. The Morgan fingerprint density at radius 2 is 1.82 bits per heavy atom. The van der Waals surface area contributed by atoms with Gasteiger partial charge in [-0.15, -0.1) is 0 Å². The van der Waals surface area contributed by atoms with E-state index >= 15 is 0 Å². The fourth-order valence-corrected chi connectivity index (χ4v) is 2.86. The molecule has 138 valence electrons. The standard InChI is InChI=1S/C21H13F2N3O2/c22-14-8-6-13(7-9-14)20-19(26-21(27)28-20)18-5-1-3-15(25-18)10-11-17-16(23)4-2-12-24-17/h1-9,12,19-20H,(H,26,27)/t19-,20-/m1/s1. The number of nitrogens with zero attached hydrogens (tertiary/aromatic N) is 2. The molecule has 1 aromatic carbocycles. The first-order valence-electron chi connectivity index (χ1n) is 8.42. The van der Waals surface area contributed by atoms with Crippen LogP contribution in [0.25, 0.3) is 0 Å². The Labute approximate surface area is 159 Å². The normalized spacial score (nSPS) is 18.0. The zero-order valence-corrected chi connectivity index (χ0v) is 14.4. The maximum Gasteiger partial charge on any atom is 0.408 e. The third-order valence-electron chi connectivity index (χ3n) is 4.17. The summed E-state index contributed by atoms with van der Waals surface area (Å²) in [6.45, 7) is 0. The SMILES string of the molecule is O=C1N[C@H](c2cccc(C#Cc3ncccc3F)n2)[C@@H](c2ccc(F)cc2)O1. The second-order valence-corrected chi connectivity index (χ2v) is 6.03. The molecule has 1 N–H and O–H groups in total. The van der Waals surface area contributed by atoms with Crippen molar-refractivity contribution in [1.82, 2.24) is 15.3 Å². The van der Waals surface area contributed by atoms with Gasteiger partial charge < -0.3 is 10.1 Å². The van der Waals surface area contributed by atoms with E-state index in [0.717, 1.165) is 0 Å². The lowest BCUT2D eigenvalue weighted by Crippen LogP contribution is -2.20. The van der Waals surface area contributed by atoms with Gasteiger partial charge in [-0.3, -0.25) is 0 Å². The second kappa shape index (κ2) is 7.45. The molecular formula is C21H13F2N3O2. The summed E-state index contributed by atoms with van der Waals surface area (Å²) in [7, 11) is 0. The summed E-state index contributed by atoms with van der Waals surface area (Å²) in [5.41, 5.74) is 1.57. The van der Waals surface area contributed by atoms with Crippen LogP contribution in [0.1, 0.15) is 34.8 Å². The molecule has 7 heteroatoms. The molecule has 28 heavy (non-hydrogen) atoms. The topological polar surface area (TPSA) is 64.1 Å². The smallest absolute Gasteiger partial charge is 0.408 e. The van der Waals surface area contributed by atoms with Gasteiger partial charge in [-0.2, -0.15) is 0 Å². The Kier molecular flexibility index (Phi) is 4.68. The summed E-state index contributed by atoms with van der Waals surface area (Å²) < 4.78 is 32.2. The monoisotopic (exact) mass is 377 g/mol. The van der Waals surface area contributed by atoms with Crippen LogP contribution in [-0.4, -0.2) is 16.1 Å². The van der Waals surface area contributed by atoms with Crippen molar-refractivity contribution < 1.29 is 18.3 Å². The number of alkyl carbamates (subject to hydrolysis) is 1. The van der Waals surface area contributed by atoms with E-state index in [1.165, 1.54) is 30.5 Å². The maximum atomic E-state index is 13.7. The van der Waals surface area contributed by atoms with Gasteiger partial charge in [0.2, 0.25) is 0 Å². The number of hydrogen-bond donors (Lipinski definition) is 1. The highest BCUT2D eigenvalue weighted by molar-refractivity contribution is 5.71. The van der Waals surface area contributed by atoms with E-state index in [1.807, 2.05) is 0 Å². The summed E-state index contributed by atoms with van der Waals surface area (Å²) >= 11 is 0. The van der Waals surface area contributed by atoms with E-state index in [-0.39, 0.29) is 11.5 Å². The number of pyridine rings is 2. The number of aromatic nitrogens is 2. The molecule has 4 rings (SSSR count). The molecular weight excluding hydrogens is 364 g/mol. The Morgan fingerprint density at radius 3 is 2.61 bits per heavy atom. The van der Waals surface area contributed by atoms with Crippen LogP contribution >= 0.6 is 0 Å². The summed E-state index contributed by atoms with van der Waals surface area (Å²) in [6.07, 6.45) is 0.209. The number of ether oxygens (including phenoxy) is 1. The summed E-state index contributed by atoms with van der Waals surface area (Å²) in [6, 6.07) is 13.0. The zero-order chi connectivity index (χ0) is 19.5. The number of benzene rings is 1. The van der Waals surface area contributed by atoms with Crippen molar-refractivity contribution in [2.24, 2.45) is 0 Å². The quantitative estimate of drug-likeness (QED) is 0.692. The largest absolute Gasteiger partial charge is 0.439 e. The number of amides is 1. The van der Waals surface area contributed by atoms with Gasteiger partial charge in [0.1, 0.15) is 23.2 Å². The van der Waals surface area contributed by atoms with Gasteiger partial charge >= 0.3 is 6.09 Å². The molecule has 0 unspecified atom stereocenters. The lowest BCUT2D eigenvalue weighted by molar-refractivity contribution is 0.132. The average Bonchev–Trinajstić information content (AvgIpc) is 3.10. The number of carbonyl (C=O) groups excluding carboxylic acids is 1. The van der Waals surface area contributed by atoms with Crippen LogP contribution < -0.4 is 5.32 Å². The number of cyclic esters (lactones) is 1. The summed E-state index contributed by atoms with van der Waals surface area (Å²) in [5.74, 6) is 4.52. The van der Waals surface area contributed by atoms with Gasteiger partial charge in [0.25, 0.3) is 0 Å². The van der Waals surface area contributed by atoms with Crippen LogP contribution in [-0.2, 0) is 4.74 Å². The molecule has 1 amide bonds. The molecule has 1 saturated heterocycles. The van der Waals surface area contributed by atoms with E-state index in [2.05, 4.69) is 27.1 Å². The summed E-state index contributed by atoms with van der Waals surface area (Å²) in [4.78, 5) is 20.1. The molecule has 1 fully saturated rings. The fourth-order valence-electron chi connectivity index (χ4n) is 2.86. The zero-order valence-electron chi connectivity index (χ0n) is 14.4. The third-order valence-corrected chi connectivity index (χ3v) is 4.17.